The van der Waals surface area contributed by atoms with Crippen molar-refractivity contribution in [2.45, 2.75) is 6.92 Å². The number of hydrogen-bond donors (Lipinski definition) is 1. The summed E-state index contributed by atoms with van der Waals surface area (Å²) in [6, 6.07) is 12.9. The second-order valence-electron chi connectivity index (χ2n) is 4.45. The van der Waals surface area contributed by atoms with E-state index in [0.717, 1.165) is 17.0 Å². The summed E-state index contributed by atoms with van der Waals surface area (Å²) in [6.07, 6.45) is 3.08. The molecule has 1 amide bonds. The standard InChI is InChI=1S/C16H13NO3/c1-11-9-13(10-20-11)16(18)17-14-6-4-12(5-7-14)15-3-2-8-19-15/h2-10H,1H3,(H,17,18). The fourth-order valence-electron chi connectivity index (χ4n) is 1.93. The molecule has 0 fully saturated rings. The largest absolute Gasteiger partial charge is 0.469 e. The lowest BCUT2D eigenvalue weighted by molar-refractivity contribution is 0.102. The van der Waals surface area contributed by atoms with Crippen LogP contribution < -0.4 is 5.32 Å². The number of carbonyl (C=O) groups excluding carboxylic acids is 1. The highest BCUT2D eigenvalue weighted by Gasteiger charge is 2.09. The van der Waals surface area contributed by atoms with E-state index in [1.807, 2.05) is 36.4 Å². The summed E-state index contributed by atoms with van der Waals surface area (Å²) in [5.41, 5.74) is 2.20. The highest BCUT2D eigenvalue weighted by molar-refractivity contribution is 6.04. The van der Waals surface area contributed by atoms with Crippen molar-refractivity contribution in [3.05, 3.63) is 66.3 Å². The minimum Gasteiger partial charge on any atom is -0.469 e. The van der Waals surface area contributed by atoms with Crippen LogP contribution in [0.3, 0.4) is 0 Å². The molecule has 2 aromatic heterocycles. The predicted octanol–water partition coefficient (Wildman–Crippen LogP) is 4.10. The van der Waals surface area contributed by atoms with Gasteiger partial charge in [-0.3, -0.25) is 4.79 Å². The monoisotopic (exact) mass is 267 g/mol. The number of carbonyl (C=O) groups is 1. The van der Waals surface area contributed by atoms with Gasteiger partial charge in [-0.2, -0.15) is 0 Å². The molecule has 0 saturated heterocycles. The van der Waals surface area contributed by atoms with Crippen LogP contribution in [-0.4, -0.2) is 5.91 Å². The minimum absolute atomic E-state index is 0.187. The lowest BCUT2D eigenvalue weighted by Crippen LogP contribution is -2.10. The zero-order chi connectivity index (χ0) is 13.9. The number of rotatable bonds is 3. The van der Waals surface area contributed by atoms with E-state index in [1.165, 1.54) is 6.26 Å². The van der Waals surface area contributed by atoms with Crippen LogP contribution in [0.25, 0.3) is 11.3 Å². The van der Waals surface area contributed by atoms with Crippen LogP contribution in [0.1, 0.15) is 16.1 Å². The average Bonchev–Trinajstić information content (AvgIpc) is 3.10. The first-order valence-corrected chi connectivity index (χ1v) is 6.23. The molecule has 0 unspecified atom stereocenters. The lowest BCUT2D eigenvalue weighted by Gasteiger charge is -2.04. The maximum Gasteiger partial charge on any atom is 0.258 e. The highest BCUT2D eigenvalue weighted by Crippen LogP contribution is 2.22. The van der Waals surface area contributed by atoms with Crippen molar-refractivity contribution in [1.82, 2.24) is 0 Å². The number of nitrogens with one attached hydrogen (secondary N) is 1. The van der Waals surface area contributed by atoms with Crippen molar-refractivity contribution in [2.75, 3.05) is 5.32 Å². The Kier molecular flexibility index (Phi) is 3.13. The van der Waals surface area contributed by atoms with E-state index in [1.54, 1.807) is 19.3 Å². The van der Waals surface area contributed by atoms with Gasteiger partial charge < -0.3 is 14.2 Å². The zero-order valence-electron chi connectivity index (χ0n) is 10.9. The van der Waals surface area contributed by atoms with Gasteiger partial charge in [0.1, 0.15) is 17.8 Å². The topological polar surface area (TPSA) is 55.4 Å². The quantitative estimate of drug-likeness (QED) is 0.777. The van der Waals surface area contributed by atoms with E-state index in [2.05, 4.69) is 5.32 Å². The third kappa shape index (κ3) is 2.49. The van der Waals surface area contributed by atoms with Crippen LogP contribution in [0.4, 0.5) is 5.69 Å². The maximum absolute atomic E-state index is 12.0. The normalized spacial score (nSPS) is 10.4. The molecule has 0 aliphatic rings. The van der Waals surface area contributed by atoms with Crippen LogP contribution in [-0.2, 0) is 0 Å². The van der Waals surface area contributed by atoms with Gasteiger partial charge in [0.05, 0.1) is 11.8 Å². The minimum atomic E-state index is -0.187. The number of hydrogen-bond acceptors (Lipinski definition) is 3. The first kappa shape index (κ1) is 12.3. The van der Waals surface area contributed by atoms with Crippen molar-refractivity contribution >= 4 is 11.6 Å². The van der Waals surface area contributed by atoms with Crippen LogP contribution >= 0.6 is 0 Å². The Morgan fingerprint density at radius 2 is 1.90 bits per heavy atom. The molecule has 100 valence electrons. The van der Waals surface area contributed by atoms with E-state index in [4.69, 9.17) is 8.83 Å². The summed E-state index contributed by atoms with van der Waals surface area (Å²) < 4.78 is 10.4. The SMILES string of the molecule is Cc1cc(C(=O)Nc2ccc(-c3ccco3)cc2)co1. The molecule has 0 saturated carbocycles. The molecule has 0 aliphatic carbocycles. The number of benzene rings is 1. The van der Waals surface area contributed by atoms with E-state index in [-0.39, 0.29) is 5.91 Å². The van der Waals surface area contributed by atoms with Crippen LogP contribution in [0.5, 0.6) is 0 Å². The number of anilines is 1. The maximum atomic E-state index is 12.0. The molecular weight excluding hydrogens is 254 g/mol. The predicted molar refractivity (Wildman–Crippen MR) is 75.5 cm³/mol. The molecule has 0 atom stereocenters. The van der Waals surface area contributed by atoms with Crippen molar-refractivity contribution in [2.24, 2.45) is 0 Å². The molecule has 20 heavy (non-hydrogen) atoms. The first-order valence-electron chi connectivity index (χ1n) is 6.23. The van der Waals surface area contributed by atoms with Crippen molar-refractivity contribution in [3.63, 3.8) is 0 Å². The lowest BCUT2D eigenvalue weighted by atomic mass is 10.1. The summed E-state index contributed by atoms with van der Waals surface area (Å²) in [6.45, 7) is 1.80. The molecule has 1 aromatic carbocycles. The Morgan fingerprint density at radius 1 is 1.10 bits per heavy atom. The number of aryl methyl sites for hydroxylation is 1. The van der Waals surface area contributed by atoms with Gasteiger partial charge in [-0.25, -0.2) is 0 Å². The fourth-order valence-corrected chi connectivity index (χ4v) is 1.93. The van der Waals surface area contributed by atoms with Gasteiger partial charge in [0.2, 0.25) is 0 Å². The molecule has 2 heterocycles. The summed E-state index contributed by atoms with van der Waals surface area (Å²) in [5, 5.41) is 2.81. The molecule has 3 aromatic rings. The highest BCUT2D eigenvalue weighted by atomic mass is 16.3. The van der Waals surface area contributed by atoms with E-state index in [0.29, 0.717) is 11.3 Å². The summed E-state index contributed by atoms with van der Waals surface area (Å²) >= 11 is 0. The van der Waals surface area contributed by atoms with Gasteiger partial charge in [-0.15, -0.1) is 0 Å². The summed E-state index contributed by atoms with van der Waals surface area (Å²) in [5.74, 6) is 1.32. The Morgan fingerprint density at radius 3 is 2.50 bits per heavy atom. The Bertz CT molecular complexity index is 709. The molecule has 3 rings (SSSR count). The zero-order valence-corrected chi connectivity index (χ0v) is 10.9. The molecular formula is C16H13NO3. The van der Waals surface area contributed by atoms with Crippen LogP contribution in [0, 0.1) is 6.92 Å². The summed E-state index contributed by atoms with van der Waals surface area (Å²) in [4.78, 5) is 12.0. The first-order chi connectivity index (χ1) is 9.72. The molecule has 0 spiro atoms. The van der Waals surface area contributed by atoms with Crippen molar-refractivity contribution in [3.8, 4) is 11.3 Å². The van der Waals surface area contributed by atoms with Gasteiger partial charge >= 0.3 is 0 Å². The third-order valence-corrected chi connectivity index (χ3v) is 2.94. The Labute approximate surface area is 116 Å². The smallest absolute Gasteiger partial charge is 0.258 e. The van der Waals surface area contributed by atoms with Crippen LogP contribution in [0.15, 0.2) is 63.8 Å². The van der Waals surface area contributed by atoms with Crippen molar-refractivity contribution < 1.29 is 13.6 Å². The second-order valence-corrected chi connectivity index (χ2v) is 4.45. The summed E-state index contributed by atoms with van der Waals surface area (Å²) in [7, 11) is 0. The molecule has 0 radical (unpaired) electrons. The average molecular weight is 267 g/mol. The van der Waals surface area contributed by atoms with E-state index in [9.17, 15) is 4.79 Å². The van der Waals surface area contributed by atoms with E-state index >= 15 is 0 Å². The number of furan rings is 2. The van der Waals surface area contributed by atoms with Crippen LogP contribution in [0.2, 0.25) is 0 Å². The van der Waals surface area contributed by atoms with Gasteiger partial charge in [0, 0.05) is 11.3 Å². The number of amides is 1. The Hall–Kier alpha value is -2.75. The Balaban J connectivity index is 1.74. The molecule has 0 aliphatic heterocycles. The third-order valence-electron chi connectivity index (χ3n) is 2.94. The molecule has 1 N–H and O–H groups in total. The van der Waals surface area contributed by atoms with Gasteiger partial charge in [-0.05, 0) is 49.4 Å². The van der Waals surface area contributed by atoms with Gasteiger partial charge in [0.15, 0.2) is 0 Å². The van der Waals surface area contributed by atoms with Gasteiger partial charge in [0.25, 0.3) is 5.91 Å². The van der Waals surface area contributed by atoms with Gasteiger partial charge in [-0.1, -0.05) is 0 Å². The molecule has 4 nitrogen and oxygen atoms in total. The van der Waals surface area contributed by atoms with E-state index < -0.39 is 0 Å². The fraction of sp³-hybridized carbons (Fsp3) is 0.0625. The molecule has 0 bridgehead atoms. The van der Waals surface area contributed by atoms with Crippen molar-refractivity contribution in [1.29, 1.82) is 0 Å². The second kappa shape index (κ2) is 5.09. The molecule has 4 heteroatoms.